The number of nitrogens with one attached hydrogen (secondary N) is 1. The number of hydrogen-bond donors (Lipinski definition) is 2. The highest BCUT2D eigenvalue weighted by molar-refractivity contribution is 5.44. The molecule has 1 rings (SSSR count). The summed E-state index contributed by atoms with van der Waals surface area (Å²) >= 11 is 0. The topological polar surface area (TPSA) is 41.8 Å². The van der Waals surface area contributed by atoms with E-state index in [2.05, 4.69) is 4.98 Å². The Labute approximate surface area is 61.2 Å². The Kier molecular flexibility index (Phi) is 1.58. The molecule has 0 unspecified atom stereocenters. The van der Waals surface area contributed by atoms with Crippen molar-refractivity contribution in [1.82, 2.24) is 4.98 Å². The van der Waals surface area contributed by atoms with Crippen LogP contribution in [0.4, 0.5) is 19.0 Å². The van der Waals surface area contributed by atoms with Crippen molar-refractivity contribution in [2.24, 2.45) is 0 Å². The van der Waals surface area contributed by atoms with Gasteiger partial charge >= 0.3 is 6.18 Å². The molecule has 0 atom stereocenters. The van der Waals surface area contributed by atoms with E-state index in [1.807, 2.05) is 0 Å². The number of nitrogen functional groups attached to an aromatic ring is 1. The van der Waals surface area contributed by atoms with Gasteiger partial charge < -0.3 is 10.7 Å². The van der Waals surface area contributed by atoms with Gasteiger partial charge in [-0.25, -0.2) is 0 Å². The number of H-pyrrole nitrogens is 1. The second-order valence-electron chi connectivity index (χ2n) is 2.28. The summed E-state index contributed by atoms with van der Waals surface area (Å²) in [7, 11) is 0. The monoisotopic (exact) mass is 164 g/mol. The molecule has 0 radical (unpaired) electrons. The molecule has 0 bridgehead atoms. The maximum atomic E-state index is 12.0. The number of anilines is 1. The van der Waals surface area contributed by atoms with Crippen molar-refractivity contribution < 1.29 is 13.2 Å². The van der Waals surface area contributed by atoms with Crippen LogP contribution in [0.5, 0.6) is 0 Å². The zero-order valence-electron chi connectivity index (χ0n) is 5.79. The molecule has 11 heavy (non-hydrogen) atoms. The van der Waals surface area contributed by atoms with E-state index < -0.39 is 11.7 Å². The van der Waals surface area contributed by atoms with Crippen LogP contribution in [0.2, 0.25) is 0 Å². The number of nitrogens with two attached hydrogens (primary N) is 1. The van der Waals surface area contributed by atoms with E-state index in [1.165, 1.54) is 6.92 Å². The predicted octanol–water partition coefficient (Wildman–Crippen LogP) is 1.92. The molecule has 0 fully saturated rings. The smallest absolute Gasteiger partial charge is 0.385 e. The molecule has 1 aromatic heterocycles. The van der Waals surface area contributed by atoms with Crippen molar-refractivity contribution >= 4 is 5.82 Å². The van der Waals surface area contributed by atoms with Crippen LogP contribution in [-0.4, -0.2) is 4.98 Å². The van der Waals surface area contributed by atoms with E-state index in [9.17, 15) is 13.2 Å². The van der Waals surface area contributed by atoms with Crippen LogP contribution in [0, 0.1) is 6.92 Å². The van der Waals surface area contributed by atoms with Crippen LogP contribution < -0.4 is 5.73 Å². The minimum atomic E-state index is -4.35. The molecule has 0 aromatic carbocycles. The first-order chi connectivity index (χ1) is 4.91. The first-order valence-corrected chi connectivity index (χ1v) is 2.93. The van der Waals surface area contributed by atoms with Gasteiger partial charge in [0, 0.05) is 5.69 Å². The minimum Gasteiger partial charge on any atom is -0.385 e. The quantitative estimate of drug-likeness (QED) is 0.604. The Balaban J connectivity index is 3.13. The van der Waals surface area contributed by atoms with Crippen molar-refractivity contribution in [3.8, 4) is 0 Å². The minimum absolute atomic E-state index is 0.324. The Morgan fingerprint density at radius 3 is 2.18 bits per heavy atom. The fourth-order valence-electron chi connectivity index (χ4n) is 0.845. The highest BCUT2D eigenvalue weighted by Crippen LogP contribution is 2.33. The van der Waals surface area contributed by atoms with E-state index in [1.54, 1.807) is 0 Å². The van der Waals surface area contributed by atoms with Gasteiger partial charge in [-0.3, -0.25) is 0 Å². The van der Waals surface area contributed by atoms with Crippen LogP contribution in [0.15, 0.2) is 6.07 Å². The van der Waals surface area contributed by atoms with Crippen molar-refractivity contribution in [1.29, 1.82) is 0 Å². The average molecular weight is 164 g/mol. The molecule has 3 N–H and O–H groups in total. The van der Waals surface area contributed by atoms with Crippen LogP contribution in [-0.2, 0) is 6.18 Å². The number of halogens is 3. The van der Waals surface area contributed by atoms with Crippen LogP contribution in [0.3, 0.4) is 0 Å². The first-order valence-electron chi connectivity index (χ1n) is 2.93. The maximum absolute atomic E-state index is 12.0. The summed E-state index contributed by atoms with van der Waals surface area (Å²) < 4.78 is 35.9. The van der Waals surface area contributed by atoms with Gasteiger partial charge in [0.25, 0.3) is 0 Å². The van der Waals surface area contributed by atoms with Crippen LogP contribution in [0.1, 0.15) is 11.3 Å². The largest absolute Gasteiger partial charge is 0.419 e. The molecule has 0 saturated carbocycles. The van der Waals surface area contributed by atoms with Gasteiger partial charge in [-0.05, 0) is 13.0 Å². The third kappa shape index (κ3) is 1.47. The Hall–Kier alpha value is -1.13. The summed E-state index contributed by atoms with van der Waals surface area (Å²) in [4.78, 5) is 2.37. The molecule has 0 aliphatic rings. The zero-order valence-corrected chi connectivity index (χ0v) is 5.79. The third-order valence-electron chi connectivity index (χ3n) is 1.29. The van der Waals surface area contributed by atoms with Crippen molar-refractivity contribution in [3.63, 3.8) is 0 Å². The summed E-state index contributed by atoms with van der Waals surface area (Å²) in [6, 6.07) is 0.981. The lowest BCUT2D eigenvalue weighted by atomic mass is 10.3. The van der Waals surface area contributed by atoms with Gasteiger partial charge in [-0.1, -0.05) is 0 Å². The fourth-order valence-corrected chi connectivity index (χ4v) is 0.845. The van der Waals surface area contributed by atoms with Gasteiger partial charge in [0.2, 0.25) is 0 Å². The van der Waals surface area contributed by atoms with E-state index >= 15 is 0 Å². The molecular formula is C6H7F3N2. The maximum Gasteiger partial charge on any atom is 0.419 e. The van der Waals surface area contributed by atoms with Gasteiger partial charge in [-0.15, -0.1) is 0 Å². The lowest BCUT2D eigenvalue weighted by Gasteiger charge is -2.03. The second-order valence-corrected chi connectivity index (χ2v) is 2.28. The number of rotatable bonds is 0. The standard InChI is InChI=1S/C6H7F3N2/c1-3-2-4(5(10)11-3)6(7,8)9/h2,11H,10H2,1H3. The average Bonchev–Trinajstić information content (AvgIpc) is 2.08. The third-order valence-corrected chi connectivity index (χ3v) is 1.29. The number of alkyl halides is 3. The summed E-state index contributed by atoms with van der Waals surface area (Å²) in [6.45, 7) is 1.52. The highest BCUT2D eigenvalue weighted by atomic mass is 19.4. The van der Waals surface area contributed by atoms with Gasteiger partial charge in [-0.2, -0.15) is 13.2 Å². The molecule has 62 valence electrons. The molecular weight excluding hydrogens is 157 g/mol. The summed E-state index contributed by atoms with van der Waals surface area (Å²) in [6.07, 6.45) is -4.35. The Bertz CT molecular complexity index is 261. The number of aromatic amines is 1. The molecule has 0 amide bonds. The van der Waals surface area contributed by atoms with Crippen LogP contribution in [0.25, 0.3) is 0 Å². The van der Waals surface area contributed by atoms with Crippen LogP contribution >= 0.6 is 0 Å². The summed E-state index contributed by atoms with van der Waals surface area (Å²) in [5.41, 5.74) is 4.67. The van der Waals surface area contributed by atoms with E-state index in [-0.39, 0.29) is 5.82 Å². The zero-order chi connectivity index (χ0) is 8.65. The normalized spacial score (nSPS) is 12.0. The highest BCUT2D eigenvalue weighted by Gasteiger charge is 2.34. The Morgan fingerprint density at radius 2 is 2.00 bits per heavy atom. The molecule has 5 heteroatoms. The first kappa shape index (κ1) is 7.97. The fraction of sp³-hybridized carbons (Fsp3) is 0.333. The van der Waals surface area contributed by atoms with Crippen molar-refractivity contribution in [2.45, 2.75) is 13.1 Å². The van der Waals surface area contributed by atoms with E-state index in [0.717, 1.165) is 6.07 Å². The molecule has 0 aliphatic heterocycles. The van der Waals surface area contributed by atoms with Gasteiger partial charge in [0.15, 0.2) is 0 Å². The van der Waals surface area contributed by atoms with Crippen molar-refractivity contribution in [3.05, 3.63) is 17.3 Å². The molecule has 0 saturated heterocycles. The summed E-state index contributed by atoms with van der Waals surface area (Å²) in [5, 5.41) is 0. The van der Waals surface area contributed by atoms with E-state index in [4.69, 9.17) is 5.73 Å². The molecule has 1 aromatic rings. The van der Waals surface area contributed by atoms with Gasteiger partial charge in [0.05, 0.1) is 5.56 Å². The number of hydrogen-bond acceptors (Lipinski definition) is 1. The molecule has 1 heterocycles. The molecule has 2 nitrogen and oxygen atoms in total. The van der Waals surface area contributed by atoms with Crippen molar-refractivity contribution in [2.75, 3.05) is 5.73 Å². The molecule has 0 spiro atoms. The number of aryl methyl sites for hydroxylation is 1. The van der Waals surface area contributed by atoms with E-state index in [0.29, 0.717) is 5.69 Å². The SMILES string of the molecule is Cc1cc(C(F)(F)F)c(N)[nH]1. The van der Waals surface area contributed by atoms with Gasteiger partial charge in [0.1, 0.15) is 5.82 Å². The summed E-state index contributed by atoms with van der Waals surface area (Å²) in [5.74, 6) is -0.324. The lowest BCUT2D eigenvalue weighted by molar-refractivity contribution is -0.136. The Morgan fingerprint density at radius 1 is 1.45 bits per heavy atom. The molecule has 0 aliphatic carbocycles. The second kappa shape index (κ2) is 2.18. The predicted molar refractivity (Wildman–Crippen MR) is 34.9 cm³/mol. The lowest BCUT2D eigenvalue weighted by Crippen LogP contribution is -2.06. The number of aromatic nitrogens is 1.